The number of hydrogen-bond acceptors (Lipinski definition) is 4. The first-order valence-electron chi connectivity index (χ1n) is 5.26. The van der Waals surface area contributed by atoms with Crippen LogP contribution in [0.4, 0.5) is 0 Å². The van der Waals surface area contributed by atoms with Crippen molar-refractivity contribution in [3.63, 3.8) is 0 Å². The minimum absolute atomic E-state index is 0.0605. The molecular weight excluding hydrogens is 292 g/mol. The molecule has 106 valence electrons. The summed E-state index contributed by atoms with van der Waals surface area (Å²) < 4.78 is 25.1. The molecule has 0 aliphatic rings. The van der Waals surface area contributed by atoms with E-state index in [1.165, 1.54) is 46.5 Å². The number of carbonyl (C=O) groups excluding carboxylic acids is 1. The summed E-state index contributed by atoms with van der Waals surface area (Å²) in [5.74, 6) is -0.464. The van der Waals surface area contributed by atoms with Gasteiger partial charge in [0.05, 0.1) is 12.1 Å². The third kappa shape index (κ3) is 3.24. The summed E-state index contributed by atoms with van der Waals surface area (Å²) in [5.41, 5.74) is 0.175. The van der Waals surface area contributed by atoms with Crippen molar-refractivity contribution in [2.75, 3.05) is 28.3 Å². The van der Waals surface area contributed by atoms with Crippen LogP contribution in [0, 0.1) is 0 Å². The highest BCUT2D eigenvalue weighted by Gasteiger charge is 2.23. The molecule has 0 N–H and O–H groups in total. The van der Waals surface area contributed by atoms with Crippen LogP contribution in [-0.4, -0.2) is 51.9 Å². The van der Waals surface area contributed by atoms with Gasteiger partial charge in [-0.15, -0.1) is 0 Å². The fourth-order valence-electron chi connectivity index (χ4n) is 1.30. The Bertz CT molecular complexity index is 586. The van der Waals surface area contributed by atoms with E-state index < -0.39 is 15.9 Å². The fraction of sp³-hybridized carbons (Fsp3) is 0.364. The lowest BCUT2D eigenvalue weighted by molar-refractivity contribution is -0.0757. The minimum atomic E-state index is -3.71. The first kappa shape index (κ1) is 15.9. The van der Waals surface area contributed by atoms with Crippen molar-refractivity contribution < 1.29 is 18.0 Å². The number of hydroxylamine groups is 2. The van der Waals surface area contributed by atoms with Crippen molar-refractivity contribution in [3.05, 3.63) is 28.8 Å². The van der Waals surface area contributed by atoms with E-state index in [1.54, 1.807) is 0 Å². The third-order valence-electron chi connectivity index (χ3n) is 2.50. The number of benzene rings is 1. The molecule has 0 aliphatic heterocycles. The Morgan fingerprint density at radius 1 is 1.26 bits per heavy atom. The van der Waals surface area contributed by atoms with Crippen LogP contribution >= 0.6 is 11.6 Å². The number of sulfonamides is 1. The van der Waals surface area contributed by atoms with E-state index in [9.17, 15) is 13.2 Å². The molecule has 1 rings (SSSR count). The van der Waals surface area contributed by atoms with Gasteiger partial charge >= 0.3 is 0 Å². The monoisotopic (exact) mass is 306 g/mol. The third-order valence-corrected chi connectivity index (χ3v) is 4.79. The van der Waals surface area contributed by atoms with Crippen LogP contribution in [-0.2, 0) is 14.9 Å². The standard InChI is InChI=1S/C11H15ClN2O4S/c1-13(2)19(16,17)10-7-8(5-6-9(10)12)11(15)14(3)18-4/h5-7H,1-4H3. The highest BCUT2D eigenvalue weighted by Crippen LogP contribution is 2.25. The van der Waals surface area contributed by atoms with Gasteiger partial charge in [0.2, 0.25) is 10.0 Å². The van der Waals surface area contributed by atoms with E-state index in [4.69, 9.17) is 16.4 Å². The van der Waals surface area contributed by atoms with Crippen LogP contribution in [0.15, 0.2) is 23.1 Å². The molecule has 0 aliphatic carbocycles. The van der Waals surface area contributed by atoms with Crippen LogP contribution in [0.25, 0.3) is 0 Å². The summed E-state index contributed by atoms with van der Waals surface area (Å²) in [4.78, 5) is 16.5. The number of carbonyl (C=O) groups is 1. The average Bonchev–Trinajstić information content (AvgIpc) is 2.37. The fourth-order valence-corrected chi connectivity index (χ4v) is 2.69. The molecule has 0 atom stereocenters. The summed E-state index contributed by atoms with van der Waals surface area (Å²) in [6.07, 6.45) is 0. The molecule has 0 unspecified atom stereocenters. The van der Waals surface area contributed by atoms with Crippen molar-refractivity contribution in [3.8, 4) is 0 Å². The molecule has 1 amide bonds. The molecule has 0 heterocycles. The van der Waals surface area contributed by atoms with Crippen LogP contribution in [0.2, 0.25) is 5.02 Å². The van der Waals surface area contributed by atoms with Crippen LogP contribution in [0.3, 0.4) is 0 Å². The first-order valence-corrected chi connectivity index (χ1v) is 7.08. The van der Waals surface area contributed by atoms with Crippen LogP contribution < -0.4 is 0 Å². The van der Waals surface area contributed by atoms with Gasteiger partial charge in [-0.2, -0.15) is 0 Å². The quantitative estimate of drug-likeness (QED) is 0.785. The Morgan fingerprint density at radius 2 is 1.84 bits per heavy atom. The van der Waals surface area contributed by atoms with Gasteiger partial charge in [0.15, 0.2) is 0 Å². The largest absolute Gasteiger partial charge is 0.277 e. The van der Waals surface area contributed by atoms with Gasteiger partial charge in [-0.05, 0) is 18.2 Å². The maximum atomic E-state index is 12.1. The van der Waals surface area contributed by atoms with Gasteiger partial charge in [0, 0.05) is 26.7 Å². The second-order valence-electron chi connectivity index (χ2n) is 3.92. The van der Waals surface area contributed by atoms with E-state index in [0.29, 0.717) is 0 Å². The second-order valence-corrected chi connectivity index (χ2v) is 6.45. The highest BCUT2D eigenvalue weighted by atomic mass is 35.5. The smallest absolute Gasteiger partial charge is 0.274 e. The summed E-state index contributed by atoms with van der Waals surface area (Å²) in [6.45, 7) is 0. The maximum Gasteiger partial charge on any atom is 0.277 e. The predicted octanol–water partition coefficient (Wildman–Crippen LogP) is 1.22. The van der Waals surface area contributed by atoms with E-state index >= 15 is 0 Å². The Labute approximate surface area is 117 Å². The lowest BCUT2D eigenvalue weighted by Crippen LogP contribution is -2.26. The Kier molecular flexibility index (Phi) is 4.92. The van der Waals surface area contributed by atoms with Crippen molar-refractivity contribution in [2.45, 2.75) is 4.90 Å². The van der Waals surface area contributed by atoms with Crippen molar-refractivity contribution in [1.82, 2.24) is 9.37 Å². The number of amides is 1. The molecule has 0 radical (unpaired) electrons. The molecule has 0 saturated carbocycles. The minimum Gasteiger partial charge on any atom is -0.274 e. The molecule has 1 aromatic rings. The number of hydrogen-bond donors (Lipinski definition) is 0. The van der Waals surface area contributed by atoms with Crippen molar-refractivity contribution >= 4 is 27.5 Å². The molecule has 0 saturated heterocycles. The Hall–Kier alpha value is -1.15. The van der Waals surface area contributed by atoms with Crippen molar-refractivity contribution in [2.24, 2.45) is 0 Å². The summed E-state index contributed by atoms with van der Waals surface area (Å²) in [5, 5.41) is 1.06. The molecule has 0 bridgehead atoms. The maximum absolute atomic E-state index is 12.1. The summed E-state index contributed by atoms with van der Waals surface area (Å²) in [6, 6.07) is 4.04. The molecule has 8 heteroatoms. The average molecular weight is 307 g/mol. The van der Waals surface area contributed by atoms with E-state index in [1.807, 2.05) is 0 Å². The van der Waals surface area contributed by atoms with E-state index in [0.717, 1.165) is 9.37 Å². The zero-order valence-electron chi connectivity index (χ0n) is 11.0. The first-order chi connectivity index (χ1) is 8.71. The number of rotatable bonds is 4. The normalized spacial score (nSPS) is 11.7. The molecule has 6 nitrogen and oxygen atoms in total. The van der Waals surface area contributed by atoms with Gasteiger partial charge in [-0.25, -0.2) is 17.8 Å². The summed E-state index contributed by atoms with van der Waals surface area (Å²) >= 11 is 5.88. The number of halogens is 1. The van der Waals surface area contributed by atoms with Gasteiger partial charge in [0.25, 0.3) is 5.91 Å². The second kappa shape index (κ2) is 5.87. The van der Waals surface area contributed by atoms with Crippen LogP contribution in [0.5, 0.6) is 0 Å². The highest BCUT2D eigenvalue weighted by molar-refractivity contribution is 7.89. The van der Waals surface area contributed by atoms with Crippen molar-refractivity contribution in [1.29, 1.82) is 0 Å². The Balaban J connectivity index is 3.34. The summed E-state index contributed by atoms with van der Waals surface area (Å²) in [7, 11) is 1.84. The zero-order valence-corrected chi connectivity index (χ0v) is 12.6. The number of nitrogens with zero attached hydrogens (tertiary/aromatic N) is 2. The molecule has 0 fully saturated rings. The molecule has 0 spiro atoms. The molecule has 19 heavy (non-hydrogen) atoms. The predicted molar refractivity (Wildman–Crippen MR) is 71.4 cm³/mol. The molecule has 1 aromatic carbocycles. The van der Waals surface area contributed by atoms with Crippen LogP contribution in [0.1, 0.15) is 10.4 Å². The van der Waals surface area contributed by atoms with E-state index in [2.05, 4.69) is 0 Å². The Morgan fingerprint density at radius 3 is 2.32 bits per heavy atom. The molecular formula is C11H15ClN2O4S. The van der Waals surface area contributed by atoms with Gasteiger partial charge < -0.3 is 0 Å². The lowest BCUT2D eigenvalue weighted by atomic mass is 10.2. The van der Waals surface area contributed by atoms with Gasteiger partial charge in [-0.1, -0.05) is 11.6 Å². The molecule has 0 aromatic heterocycles. The zero-order chi connectivity index (χ0) is 14.8. The van der Waals surface area contributed by atoms with Gasteiger partial charge in [0.1, 0.15) is 4.90 Å². The lowest BCUT2D eigenvalue weighted by Gasteiger charge is -2.16. The SMILES string of the molecule is CON(C)C(=O)c1ccc(Cl)c(S(=O)(=O)N(C)C)c1. The topological polar surface area (TPSA) is 66.9 Å². The van der Waals surface area contributed by atoms with E-state index in [-0.39, 0.29) is 15.5 Å². The van der Waals surface area contributed by atoms with Gasteiger partial charge in [-0.3, -0.25) is 9.63 Å².